The summed E-state index contributed by atoms with van der Waals surface area (Å²) in [5.74, 6) is 1.53. The summed E-state index contributed by atoms with van der Waals surface area (Å²) in [5, 5.41) is 10.2. The summed E-state index contributed by atoms with van der Waals surface area (Å²) >= 11 is 0. The number of rotatable bonds is 4. The Bertz CT molecular complexity index is 445. The normalized spacial score (nSPS) is 29.7. The molecule has 0 aliphatic carbocycles. The third kappa shape index (κ3) is 2.25. The van der Waals surface area contributed by atoms with Gasteiger partial charge in [0.1, 0.15) is 0 Å². The van der Waals surface area contributed by atoms with Crippen LogP contribution in [-0.4, -0.2) is 34.7 Å². The Hall–Kier alpha value is -1.43. The van der Waals surface area contributed by atoms with Crippen LogP contribution >= 0.6 is 0 Å². The zero-order chi connectivity index (χ0) is 12.5. The van der Waals surface area contributed by atoms with Crippen molar-refractivity contribution < 1.29 is 9.32 Å². The second-order valence-electron chi connectivity index (χ2n) is 5.16. The summed E-state index contributed by atoms with van der Waals surface area (Å²) in [5.41, 5.74) is 0. The summed E-state index contributed by atoms with van der Waals surface area (Å²) in [7, 11) is 0. The molecule has 2 fully saturated rings. The van der Waals surface area contributed by atoms with Gasteiger partial charge in [0.15, 0.2) is 5.82 Å². The number of aromatic nitrogens is 2. The lowest BCUT2D eigenvalue weighted by atomic mass is 9.88. The molecule has 98 valence electrons. The largest absolute Gasteiger partial charge is 0.355 e. The Morgan fingerprint density at radius 1 is 1.56 bits per heavy atom. The minimum Gasteiger partial charge on any atom is -0.355 e. The van der Waals surface area contributed by atoms with Crippen molar-refractivity contribution in [1.82, 2.24) is 20.8 Å². The zero-order valence-electron chi connectivity index (χ0n) is 10.5. The Kier molecular flexibility index (Phi) is 3.03. The molecule has 0 saturated carbocycles. The highest BCUT2D eigenvalue weighted by molar-refractivity contribution is 5.80. The molecule has 6 heteroatoms. The molecule has 2 aliphatic heterocycles. The van der Waals surface area contributed by atoms with E-state index >= 15 is 0 Å². The van der Waals surface area contributed by atoms with E-state index in [0.717, 1.165) is 12.8 Å². The fraction of sp³-hybridized carbons (Fsp3) is 0.750. The molecule has 2 aliphatic rings. The van der Waals surface area contributed by atoms with Crippen LogP contribution in [0.3, 0.4) is 0 Å². The fourth-order valence-corrected chi connectivity index (χ4v) is 2.99. The number of aryl methyl sites for hydroxylation is 1. The maximum Gasteiger partial charge on any atom is 0.224 e. The van der Waals surface area contributed by atoms with Crippen LogP contribution in [0, 0.1) is 12.8 Å². The van der Waals surface area contributed by atoms with Gasteiger partial charge in [0.25, 0.3) is 0 Å². The summed E-state index contributed by atoms with van der Waals surface area (Å²) in [6.45, 7) is 2.34. The Morgan fingerprint density at radius 3 is 3.06 bits per heavy atom. The van der Waals surface area contributed by atoms with Gasteiger partial charge in [-0.15, -0.1) is 0 Å². The van der Waals surface area contributed by atoms with Crippen LogP contribution < -0.4 is 10.6 Å². The zero-order valence-corrected chi connectivity index (χ0v) is 10.5. The smallest absolute Gasteiger partial charge is 0.224 e. The van der Waals surface area contributed by atoms with Crippen LogP contribution in [0.1, 0.15) is 31.0 Å². The molecule has 1 amide bonds. The van der Waals surface area contributed by atoms with E-state index in [-0.39, 0.29) is 11.8 Å². The molecular weight excluding hydrogens is 232 g/mol. The van der Waals surface area contributed by atoms with Crippen molar-refractivity contribution in [3.05, 3.63) is 11.7 Å². The average molecular weight is 250 g/mol. The van der Waals surface area contributed by atoms with E-state index in [1.807, 2.05) is 0 Å². The highest BCUT2D eigenvalue weighted by atomic mass is 16.5. The van der Waals surface area contributed by atoms with Crippen LogP contribution in [-0.2, 0) is 11.2 Å². The lowest BCUT2D eigenvalue weighted by Crippen LogP contribution is -2.38. The molecular formula is C12H18N4O2. The Labute approximate surface area is 106 Å². The van der Waals surface area contributed by atoms with Crippen molar-refractivity contribution in [3.63, 3.8) is 0 Å². The maximum atomic E-state index is 12.0. The first-order valence-electron chi connectivity index (χ1n) is 6.55. The molecule has 3 heterocycles. The number of nitrogens with one attached hydrogen (secondary N) is 2. The maximum absolute atomic E-state index is 12.0. The summed E-state index contributed by atoms with van der Waals surface area (Å²) < 4.78 is 4.88. The third-order valence-electron chi connectivity index (χ3n) is 3.85. The average Bonchev–Trinajstić information content (AvgIpc) is 3.05. The van der Waals surface area contributed by atoms with Crippen molar-refractivity contribution in [2.75, 3.05) is 6.54 Å². The standard InChI is InChI=1S/C12H18N4O2/c1-7-14-11(16-18-7)4-5-13-12(17)9-6-8-2-3-10(9)15-8/h8-10,15H,2-6H2,1H3,(H,13,17). The van der Waals surface area contributed by atoms with E-state index < -0.39 is 0 Å². The quantitative estimate of drug-likeness (QED) is 0.796. The van der Waals surface area contributed by atoms with E-state index in [9.17, 15) is 4.79 Å². The Balaban J connectivity index is 1.44. The molecule has 0 aromatic carbocycles. The van der Waals surface area contributed by atoms with E-state index in [0.29, 0.717) is 36.8 Å². The van der Waals surface area contributed by atoms with Crippen molar-refractivity contribution >= 4 is 5.91 Å². The fourth-order valence-electron chi connectivity index (χ4n) is 2.99. The molecule has 0 spiro atoms. The van der Waals surface area contributed by atoms with E-state index in [2.05, 4.69) is 20.8 Å². The first-order valence-corrected chi connectivity index (χ1v) is 6.55. The Morgan fingerprint density at radius 2 is 2.44 bits per heavy atom. The first kappa shape index (κ1) is 11.6. The van der Waals surface area contributed by atoms with E-state index in [4.69, 9.17) is 4.52 Å². The van der Waals surface area contributed by atoms with E-state index in [1.54, 1.807) is 6.92 Å². The van der Waals surface area contributed by atoms with Crippen molar-refractivity contribution in [2.45, 2.75) is 44.7 Å². The number of amides is 1. The second kappa shape index (κ2) is 4.68. The van der Waals surface area contributed by atoms with Gasteiger partial charge in [-0.2, -0.15) is 4.98 Å². The predicted octanol–water partition coefficient (Wildman–Crippen LogP) is 0.177. The molecule has 3 atom stereocenters. The molecule has 1 aromatic heterocycles. The highest BCUT2D eigenvalue weighted by Gasteiger charge is 2.42. The monoisotopic (exact) mass is 250 g/mol. The summed E-state index contributed by atoms with van der Waals surface area (Å²) in [6.07, 6.45) is 3.96. The number of carbonyl (C=O) groups is 1. The van der Waals surface area contributed by atoms with Crippen LogP contribution in [0.25, 0.3) is 0 Å². The van der Waals surface area contributed by atoms with Gasteiger partial charge < -0.3 is 15.2 Å². The summed E-state index contributed by atoms with van der Waals surface area (Å²) in [4.78, 5) is 16.1. The van der Waals surface area contributed by atoms with Gasteiger partial charge >= 0.3 is 0 Å². The van der Waals surface area contributed by atoms with Crippen LogP contribution in [0.2, 0.25) is 0 Å². The van der Waals surface area contributed by atoms with Gasteiger partial charge in [0.05, 0.1) is 5.92 Å². The minimum absolute atomic E-state index is 0.149. The molecule has 1 aromatic rings. The third-order valence-corrected chi connectivity index (χ3v) is 3.85. The van der Waals surface area contributed by atoms with Gasteiger partial charge in [-0.25, -0.2) is 0 Å². The highest BCUT2D eigenvalue weighted by Crippen LogP contribution is 2.33. The number of hydrogen-bond donors (Lipinski definition) is 2. The van der Waals surface area contributed by atoms with Gasteiger partial charge in [-0.1, -0.05) is 5.16 Å². The number of fused-ring (bicyclic) bond motifs is 2. The summed E-state index contributed by atoms with van der Waals surface area (Å²) in [6, 6.07) is 0.952. The lowest BCUT2D eigenvalue weighted by molar-refractivity contribution is -0.125. The topological polar surface area (TPSA) is 80.0 Å². The molecule has 3 rings (SSSR count). The lowest BCUT2D eigenvalue weighted by Gasteiger charge is -2.19. The van der Waals surface area contributed by atoms with E-state index in [1.165, 1.54) is 6.42 Å². The number of hydrogen-bond acceptors (Lipinski definition) is 5. The molecule has 3 unspecified atom stereocenters. The number of nitrogens with zero attached hydrogens (tertiary/aromatic N) is 2. The van der Waals surface area contributed by atoms with Crippen molar-refractivity contribution in [3.8, 4) is 0 Å². The first-order chi connectivity index (χ1) is 8.72. The number of carbonyl (C=O) groups excluding carboxylic acids is 1. The second-order valence-corrected chi connectivity index (χ2v) is 5.16. The van der Waals surface area contributed by atoms with Crippen LogP contribution in [0.5, 0.6) is 0 Å². The van der Waals surface area contributed by atoms with Crippen LogP contribution in [0.15, 0.2) is 4.52 Å². The molecule has 2 N–H and O–H groups in total. The molecule has 2 saturated heterocycles. The minimum atomic E-state index is 0.149. The van der Waals surface area contributed by atoms with Crippen molar-refractivity contribution in [1.29, 1.82) is 0 Å². The van der Waals surface area contributed by atoms with Gasteiger partial charge in [-0.3, -0.25) is 4.79 Å². The molecule has 6 nitrogen and oxygen atoms in total. The molecule has 0 radical (unpaired) electrons. The van der Waals surface area contributed by atoms with Crippen LogP contribution in [0.4, 0.5) is 0 Å². The predicted molar refractivity (Wildman–Crippen MR) is 63.8 cm³/mol. The van der Waals surface area contributed by atoms with Gasteiger partial charge in [-0.05, 0) is 19.3 Å². The van der Waals surface area contributed by atoms with Gasteiger partial charge in [0.2, 0.25) is 11.8 Å². The SMILES string of the molecule is Cc1nc(CCNC(=O)C2CC3CCC2N3)no1. The molecule has 2 bridgehead atoms. The van der Waals surface area contributed by atoms with Gasteiger partial charge in [0, 0.05) is 32.0 Å². The molecule has 18 heavy (non-hydrogen) atoms. The van der Waals surface area contributed by atoms with Crippen molar-refractivity contribution in [2.24, 2.45) is 5.92 Å².